The third-order valence-corrected chi connectivity index (χ3v) is 7.42. The molecule has 0 aliphatic heterocycles. The molecule has 0 radical (unpaired) electrons. The number of hydrogen-bond donors (Lipinski definition) is 0. The highest BCUT2D eigenvalue weighted by Gasteiger charge is 1.95. The minimum atomic E-state index is 1.11. The first-order valence-electron chi connectivity index (χ1n) is 12.3. The Morgan fingerprint density at radius 1 is 0.406 bits per heavy atom. The number of allylic oxidation sites excluding steroid dienone is 10. The highest BCUT2D eigenvalue weighted by molar-refractivity contribution is 8.76. The van der Waals surface area contributed by atoms with Crippen molar-refractivity contribution in [1.82, 2.24) is 0 Å². The van der Waals surface area contributed by atoms with E-state index in [1.165, 1.54) is 84.8 Å². The summed E-state index contributed by atoms with van der Waals surface area (Å²) in [5, 5.41) is 0. The van der Waals surface area contributed by atoms with E-state index >= 15 is 0 Å². The summed E-state index contributed by atoms with van der Waals surface area (Å²) in [6.45, 7) is 17.8. The molecule has 0 unspecified atom stereocenters. The van der Waals surface area contributed by atoms with E-state index < -0.39 is 0 Å². The second-order valence-electron chi connectivity index (χ2n) is 9.49. The van der Waals surface area contributed by atoms with Gasteiger partial charge in [-0.2, -0.15) is 0 Å². The standard InChI is InChI=1S/C30H50S2/c1-25(2)13-9-15-27(5)17-11-19-29(7)21-23-31-32-24-22-30(8)20-12-18-28(6)16-10-14-26(3)4/h13-14,17-18,21-22H,9-12,15-16,19-20,23-24H2,1-8H3. The predicted molar refractivity (Wildman–Crippen MR) is 156 cm³/mol. The molecule has 0 bridgehead atoms. The average Bonchev–Trinajstić information content (AvgIpc) is 2.70. The van der Waals surface area contributed by atoms with Gasteiger partial charge in [0.05, 0.1) is 0 Å². The van der Waals surface area contributed by atoms with E-state index in [0.717, 1.165) is 11.5 Å². The van der Waals surface area contributed by atoms with Gasteiger partial charge in [-0.25, -0.2) is 0 Å². The quantitative estimate of drug-likeness (QED) is 0.117. The topological polar surface area (TPSA) is 0 Å². The van der Waals surface area contributed by atoms with Gasteiger partial charge < -0.3 is 0 Å². The van der Waals surface area contributed by atoms with Crippen molar-refractivity contribution in [3.63, 3.8) is 0 Å². The zero-order valence-corrected chi connectivity index (χ0v) is 24.0. The van der Waals surface area contributed by atoms with Crippen LogP contribution in [-0.4, -0.2) is 11.5 Å². The van der Waals surface area contributed by atoms with Gasteiger partial charge in [-0.15, -0.1) is 0 Å². The maximum Gasteiger partial charge on any atom is 0.0220 e. The molecule has 0 atom stereocenters. The van der Waals surface area contributed by atoms with E-state index in [9.17, 15) is 0 Å². The third-order valence-electron chi connectivity index (χ3n) is 5.33. The number of hydrogen-bond acceptors (Lipinski definition) is 2. The summed E-state index contributed by atoms with van der Waals surface area (Å²) in [6, 6.07) is 0. The van der Waals surface area contributed by atoms with E-state index in [1.807, 2.05) is 21.6 Å². The van der Waals surface area contributed by atoms with Crippen molar-refractivity contribution in [2.24, 2.45) is 0 Å². The summed E-state index contributed by atoms with van der Waals surface area (Å²) in [6.07, 6.45) is 23.8. The lowest BCUT2D eigenvalue weighted by molar-refractivity contribution is 0.917. The van der Waals surface area contributed by atoms with Crippen molar-refractivity contribution < 1.29 is 0 Å². The summed E-state index contributed by atoms with van der Waals surface area (Å²) >= 11 is 0. The van der Waals surface area contributed by atoms with E-state index in [0.29, 0.717) is 0 Å². The van der Waals surface area contributed by atoms with Crippen LogP contribution in [0.15, 0.2) is 69.9 Å². The zero-order chi connectivity index (χ0) is 24.2. The monoisotopic (exact) mass is 474 g/mol. The molecular weight excluding hydrogens is 424 g/mol. The summed E-state index contributed by atoms with van der Waals surface area (Å²) in [4.78, 5) is 0. The highest BCUT2D eigenvalue weighted by Crippen LogP contribution is 2.23. The Hall–Kier alpha value is -0.860. The maximum atomic E-state index is 2.42. The number of rotatable bonds is 17. The molecule has 0 nitrogen and oxygen atoms in total. The van der Waals surface area contributed by atoms with Crippen LogP contribution in [0.2, 0.25) is 0 Å². The highest BCUT2D eigenvalue weighted by atomic mass is 33.1. The molecule has 32 heavy (non-hydrogen) atoms. The minimum absolute atomic E-state index is 1.11. The first-order chi connectivity index (χ1) is 15.2. The Balaban J connectivity index is 3.92. The van der Waals surface area contributed by atoms with Gasteiger partial charge in [0.2, 0.25) is 0 Å². The van der Waals surface area contributed by atoms with Crippen molar-refractivity contribution >= 4 is 21.6 Å². The lowest BCUT2D eigenvalue weighted by Crippen LogP contribution is -1.82. The van der Waals surface area contributed by atoms with Crippen LogP contribution in [-0.2, 0) is 0 Å². The Morgan fingerprint density at radius 3 is 1.00 bits per heavy atom. The van der Waals surface area contributed by atoms with Crippen LogP contribution in [0.5, 0.6) is 0 Å². The second kappa shape index (κ2) is 20.7. The first kappa shape index (κ1) is 31.1. The largest absolute Gasteiger partial charge is 0.0897 e. The van der Waals surface area contributed by atoms with Gasteiger partial charge in [0.15, 0.2) is 0 Å². The molecule has 0 saturated heterocycles. The molecule has 0 aliphatic carbocycles. The van der Waals surface area contributed by atoms with Crippen molar-refractivity contribution in [2.75, 3.05) is 11.5 Å². The molecule has 0 heterocycles. The van der Waals surface area contributed by atoms with E-state index in [1.54, 1.807) is 0 Å². The third kappa shape index (κ3) is 22.3. The molecule has 0 saturated carbocycles. The van der Waals surface area contributed by atoms with Gasteiger partial charge in [-0.05, 0) is 107 Å². The Labute approximate surface area is 209 Å². The van der Waals surface area contributed by atoms with Crippen molar-refractivity contribution in [3.05, 3.63) is 69.9 Å². The molecule has 0 amide bonds. The molecule has 0 aliphatic rings. The zero-order valence-electron chi connectivity index (χ0n) is 22.4. The van der Waals surface area contributed by atoms with Crippen LogP contribution < -0.4 is 0 Å². The van der Waals surface area contributed by atoms with E-state index in [-0.39, 0.29) is 0 Å². The molecule has 0 aromatic carbocycles. The van der Waals surface area contributed by atoms with Crippen molar-refractivity contribution in [2.45, 2.75) is 107 Å². The smallest absolute Gasteiger partial charge is 0.0220 e. The Bertz CT molecular complexity index is 616. The van der Waals surface area contributed by atoms with Crippen LogP contribution in [0.3, 0.4) is 0 Å². The summed E-state index contributed by atoms with van der Waals surface area (Å²) in [7, 11) is 3.95. The van der Waals surface area contributed by atoms with Gasteiger partial charge in [-0.3, -0.25) is 0 Å². The molecule has 2 heteroatoms. The summed E-state index contributed by atoms with van der Waals surface area (Å²) in [5.74, 6) is 2.22. The van der Waals surface area contributed by atoms with Crippen LogP contribution in [0.25, 0.3) is 0 Å². The molecule has 0 spiro atoms. The van der Waals surface area contributed by atoms with Crippen LogP contribution >= 0.6 is 21.6 Å². The van der Waals surface area contributed by atoms with Gasteiger partial charge in [0.25, 0.3) is 0 Å². The fraction of sp³-hybridized carbons (Fsp3) is 0.600. The second-order valence-corrected chi connectivity index (χ2v) is 12.0. The maximum absolute atomic E-state index is 2.42. The van der Waals surface area contributed by atoms with E-state index in [4.69, 9.17) is 0 Å². The van der Waals surface area contributed by atoms with Crippen LogP contribution in [0.4, 0.5) is 0 Å². The van der Waals surface area contributed by atoms with Gasteiger partial charge in [0, 0.05) is 11.5 Å². The normalized spacial score (nSPS) is 13.4. The fourth-order valence-electron chi connectivity index (χ4n) is 3.13. The average molecular weight is 475 g/mol. The summed E-state index contributed by atoms with van der Waals surface area (Å²) in [5.41, 5.74) is 8.93. The molecule has 0 aromatic heterocycles. The van der Waals surface area contributed by atoms with Crippen molar-refractivity contribution in [1.29, 1.82) is 0 Å². The van der Waals surface area contributed by atoms with Crippen LogP contribution in [0.1, 0.15) is 107 Å². The van der Waals surface area contributed by atoms with E-state index in [2.05, 4.69) is 91.8 Å². The lowest BCUT2D eigenvalue weighted by Gasteiger charge is -2.02. The molecule has 0 N–H and O–H groups in total. The molecule has 182 valence electrons. The van der Waals surface area contributed by atoms with Gasteiger partial charge in [-0.1, -0.05) is 91.5 Å². The minimum Gasteiger partial charge on any atom is -0.0897 e. The first-order valence-corrected chi connectivity index (χ1v) is 14.8. The fourth-order valence-corrected chi connectivity index (χ4v) is 5.01. The molecule has 0 rings (SSSR count). The van der Waals surface area contributed by atoms with Gasteiger partial charge in [0.1, 0.15) is 0 Å². The summed E-state index contributed by atoms with van der Waals surface area (Å²) < 4.78 is 0. The Morgan fingerprint density at radius 2 is 0.688 bits per heavy atom. The molecule has 0 fully saturated rings. The lowest BCUT2D eigenvalue weighted by atomic mass is 10.1. The molecular formula is C30H50S2. The molecule has 0 aromatic rings. The Kier molecular flexibility index (Phi) is 20.2. The van der Waals surface area contributed by atoms with Crippen LogP contribution in [0, 0.1) is 0 Å². The van der Waals surface area contributed by atoms with Gasteiger partial charge >= 0.3 is 0 Å². The van der Waals surface area contributed by atoms with Crippen molar-refractivity contribution in [3.8, 4) is 0 Å². The SMILES string of the molecule is CC(C)=CCCC(C)=CCCC(C)=CCSSCC=C(C)CCC=C(C)CCC=C(C)C. The predicted octanol–water partition coefficient (Wildman–Crippen LogP) is 11.2.